The first kappa shape index (κ1) is 14.9. The average Bonchev–Trinajstić information content (AvgIpc) is 3.13. The van der Waals surface area contributed by atoms with Gasteiger partial charge in [-0.05, 0) is 63.7 Å². The summed E-state index contributed by atoms with van der Waals surface area (Å²) < 4.78 is 0. The zero-order valence-corrected chi connectivity index (χ0v) is 13.3. The Labute approximate surface area is 129 Å². The summed E-state index contributed by atoms with van der Waals surface area (Å²) in [4.78, 5) is 2.54. The fraction of sp³-hybridized carbons (Fsp3) is 0.667. The molecule has 21 heavy (non-hydrogen) atoms. The molecule has 116 valence electrons. The molecule has 0 aromatic heterocycles. The summed E-state index contributed by atoms with van der Waals surface area (Å²) in [6.07, 6.45) is 6.43. The number of hydrogen-bond donors (Lipinski definition) is 2. The van der Waals surface area contributed by atoms with Crippen LogP contribution in [0.5, 0.6) is 0 Å². The van der Waals surface area contributed by atoms with Crippen LogP contribution in [0, 0.1) is 0 Å². The number of para-hydroxylation sites is 1. The van der Waals surface area contributed by atoms with Gasteiger partial charge in [-0.3, -0.25) is 0 Å². The van der Waals surface area contributed by atoms with Gasteiger partial charge in [0.25, 0.3) is 0 Å². The number of hydrogen-bond acceptors (Lipinski definition) is 3. The van der Waals surface area contributed by atoms with Gasteiger partial charge in [-0.1, -0.05) is 18.2 Å². The van der Waals surface area contributed by atoms with Crippen LogP contribution in [0.4, 0.5) is 5.69 Å². The number of benzene rings is 1. The van der Waals surface area contributed by atoms with Crippen LogP contribution in [0.25, 0.3) is 0 Å². The molecule has 1 fully saturated rings. The van der Waals surface area contributed by atoms with E-state index in [-0.39, 0.29) is 0 Å². The molecule has 3 heteroatoms. The van der Waals surface area contributed by atoms with E-state index < -0.39 is 0 Å². The number of anilines is 1. The molecule has 2 unspecified atom stereocenters. The number of fused-ring (bicyclic) bond motifs is 1. The second-order valence-electron chi connectivity index (χ2n) is 6.60. The second-order valence-corrected chi connectivity index (χ2v) is 6.60. The smallest absolute Gasteiger partial charge is 0.0399 e. The predicted molar refractivity (Wildman–Crippen MR) is 90.1 cm³/mol. The van der Waals surface area contributed by atoms with E-state index in [0.717, 1.165) is 12.6 Å². The van der Waals surface area contributed by atoms with Crippen molar-refractivity contribution in [1.29, 1.82) is 0 Å². The molecule has 1 aromatic carbocycles. The Kier molecular flexibility index (Phi) is 5.15. The topological polar surface area (TPSA) is 27.3 Å². The molecule has 2 N–H and O–H groups in total. The first-order chi connectivity index (χ1) is 10.3. The lowest BCUT2D eigenvalue weighted by Crippen LogP contribution is -2.35. The zero-order chi connectivity index (χ0) is 14.5. The first-order valence-electron chi connectivity index (χ1n) is 8.62. The van der Waals surface area contributed by atoms with Gasteiger partial charge in [0.2, 0.25) is 0 Å². The van der Waals surface area contributed by atoms with Crippen LogP contribution in [0.3, 0.4) is 0 Å². The van der Waals surface area contributed by atoms with E-state index in [9.17, 15) is 0 Å². The van der Waals surface area contributed by atoms with Gasteiger partial charge in [0.1, 0.15) is 0 Å². The third-order valence-corrected chi connectivity index (χ3v) is 4.88. The quantitative estimate of drug-likeness (QED) is 0.755. The van der Waals surface area contributed by atoms with Crippen LogP contribution in [0.2, 0.25) is 0 Å². The Morgan fingerprint density at radius 3 is 3.14 bits per heavy atom. The third kappa shape index (κ3) is 3.98. The maximum atomic E-state index is 3.69. The minimum absolute atomic E-state index is 0.631. The van der Waals surface area contributed by atoms with Gasteiger partial charge < -0.3 is 15.5 Å². The third-order valence-electron chi connectivity index (χ3n) is 4.88. The number of nitrogens with zero attached hydrogens (tertiary/aromatic N) is 1. The number of nitrogens with one attached hydrogen (secondary N) is 2. The van der Waals surface area contributed by atoms with E-state index in [2.05, 4.69) is 46.7 Å². The lowest BCUT2D eigenvalue weighted by atomic mass is 10.1. The summed E-state index contributed by atoms with van der Waals surface area (Å²) in [7, 11) is 0. The number of rotatable bonds is 7. The van der Waals surface area contributed by atoms with Crippen molar-refractivity contribution < 1.29 is 0 Å². The van der Waals surface area contributed by atoms with Crippen molar-refractivity contribution in [3.8, 4) is 0 Å². The molecule has 3 nitrogen and oxygen atoms in total. The van der Waals surface area contributed by atoms with Crippen LogP contribution >= 0.6 is 0 Å². The Hall–Kier alpha value is -1.06. The van der Waals surface area contributed by atoms with Crippen LogP contribution in [0.1, 0.15) is 38.2 Å². The van der Waals surface area contributed by atoms with Crippen molar-refractivity contribution in [3.63, 3.8) is 0 Å². The van der Waals surface area contributed by atoms with Crippen LogP contribution in [-0.4, -0.2) is 38.3 Å². The molecule has 0 aliphatic carbocycles. The molecule has 2 aliphatic rings. The van der Waals surface area contributed by atoms with Gasteiger partial charge in [-0.2, -0.15) is 0 Å². The minimum atomic E-state index is 0.631. The van der Waals surface area contributed by atoms with Crippen molar-refractivity contribution in [2.45, 2.75) is 51.1 Å². The highest BCUT2D eigenvalue weighted by molar-refractivity contribution is 5.57. The lowest BCUT2D eigenvalue weighted by Gasteiger charge is -2.21. The van der Waals surface area contributed by atoms with Crippen molar-refractivity contribution >= 4 is 5.69 Å². The molecule has 2 aliphatic heterocycles. The standard InChI is InChI=1S/C18H29N3/c1-15(14-17-7-4-10-20-17)19-11-5-12-21-13-9-16-6-2-3-8-18(16)21/h2-3,6,8,15,17,19-20H,4-5,7,9-14H2,1H3. The normalized spacial score (nSPS) is 22.5. The van der Waals surface area contributed by atoms with Crippen molar-refractivity contribution in [3.05, 3.63) is 29.8 Å². The first-order valence-corrected chi connectivity index (χ1v) is 8.62. The molecule has 1 aromatic rings. The highest BCUT2D eigenvalue weighted by Crippen LogP contribution is 2.27. The molecule has 0 spiro atoms. The average molecular weight is 287 g/mol. The predicted octanol–water partition coefficient (Wildman–Crippen LogP) is 2.56. The van der Waals surface area contributed by atoms with Gasteiger partial charge in [0.05, 0.1) is 0 Å². The van der Waals surface area contributed by atoms with E-state index in [1.165, 1.54) is 63.0 Å². The Morgan fingerprint density at radius 1 is 1.38 bits per heavy atom. The Morgan fingerprint density at radius 2 is 2.29 bits per heavy atom. The monoisotopic (exact) mass is 287 g/mol. The van der Waals surface area contributed by atoms with E-state index in [1.807, 2.05) is 0 Å². The fourth-order valence-corrected chi connectivity index (χ4v) is 3.73. The van der Waals surface area contributed by atoms with Gasteiger partial charge in [0.15, 0.2) is 0 Å². The molecule has 0 saturated carbocycles. The van der Waals surface area contributed by atoms with Crippen molar-refractivity contribution in [2.75, 3.05) is 31.1 Å². The summed E-state index contributed by atoms with van der Waals surface area (Å²) in [6.45, 7) is 7.04. The van der Waals surface area contributed by atoms with E-state index in [4.69, 9.17) is 0 Å². The van der Waals surface area contributed by atoms with Gasteiger partial charge >= 0.3 is 0 Å². The highest BCUT2D eigenvalue weighted by atomic mass is 15.1. The highest BCUT2D eigenvalue weighted by Gasteiger charge is 2.18. The van der Waals surface area contributed by atoms with Crippen molar-refractivity contribution in [2.24, 2.45) is 0 Å². The molecule has 2 atom stereocenters. The van der Waals surface area contributed by atoms with Gasteiger partial charge in [-0.25, -0.2) is 0 Å². The SMILES string of the molecule is CC(CC1CCCN1)NCCCN1CCc2ccccc21. The summed E-state index contributed by atoms with van der Waals surface area (Å²) in [5, 5.41) is 7.28. The minimum Gasteiger partial charge on any atom is -0.371 e. The summed E-state index contributed by atoms with van der Waals surface area (Å²) in [5.74, 6) is 0. The van der Waals surface area contributed by atoms with Crippen LogP contribution in [0.15, 0.2) is 24.3 Å². The zero-order valence-electron chi connectivity index (χ0n) is 13.3. The maximum Gasteiger partial charge on any atom is 0.0399 e. The molecular formula is C18H29N3. The summed E-state index contributed by atoms with van der Waals surface area (Å²) in [6, 6.07) is 10.2. The molecule has 1 saturated heterocycles. The molecule has 2 heterocycles. The molecule has 0 radical (unpaired) electrons. The summed E-state index contributed by atoms with van der Waals surface area (Å²) in [5.41, 5.74) is 2.98. The van der Waals surface area contributed by atoms with E-state index >= 15 is 0 Å². The van der Waals surface area contributed by atoms with Gasteiger partial charge in [0, 0.05) is 30.9 Å². The summed E-state index contributed by atoms with van der Waals surface area (Å²) >= 11 is 0. The molecular weight excluding hydrogens is 258 g/mol. The lowest BCUT2D eigenvalue weighted by molar-refractivity contribution is 0.438. The van der Waals surface area contributed by atoms with Crippen LogP contribution < -0.4 is 15.5 Å². The largest absolute Gasteiger partial charge is 0.371 e. The van der Waals surface area contributed by atoms with E-state index in [1.54, 1.807) is 0 Å². The Bertz CT molecular complexity index is 440. The van der Waals surface area contributed by atoms with E-state index in [0.29, 0.717) is 6.04 Å². The maximum absolute atomic E-state index is 3.69. The van der Waals surface area contributed by atoms with Crippen molar-refractivity contribution in [1.82, 2.24) is 10.6 Å². The van der Waals surface area contributed by atoms with Gasteiger partial charge in [-0.15, -0.1) is 0 Å². The molecule has 3 rings (SSSR count). The second kappa shape index (κ2) is 7.28. The molecule has 0 bridgehead atoms. The molecule has 0 amide bonds. The Balaban J connectivity index is 1.33. The van der Waals surface area contributed by atoms with Crippen LogP contribution in [-0.2, 0) is 6.42 Å². The fourth-order valence-electron chi connectivity index (χ4n) is 3.73.